The second kappa shape index (κ2) is 6.75. The summed E-state index contributed by atoms with van der Waals surface area (Å²) >= 11 is 0. The van der Waals surface area contributed by atoms with Crippen molar-refractivity contribution in [2.45, 2.75) is 19.2 Å². The van der Waals surface area contributed by atoms with Gasteiger partial charge in [-0.3, -0.25) is 4.79 Å². The van der Waals surface area contributed by atoms with Crippen LogP contribution in [-0.4, -0.2) is 16.1 Å². The lowest BCUT2D eigenvalue weighted by atomic mass is 9.94. The normalized spacial score (nSPS) is 19.5. The molecule has 3 aromatic carbocycles. The summed E-state index contributed by atoms with van der Waals surface area (Å²) in [5, 5.41) is 12.2. The van der Waals surface area contributed by atoms with Crippen LogP contribution in [0.3, 0.4) is 0 Å². The van der Waals surface area contributed by atoms with E-state index in [0.29, 0.717) is 5.56 Å². The van der Waals surface area contributed by atoms with Crippen molar-refractivity contribution < 1.29 is 14.7 Å². The van der Waals surface area contributed by atoms with E-state index in [1.807, 2.05) is 66.7 Å². The molecule has 130 valence electrons. The molecule has 0 saturated carbocycles. The molecule has 0 saturated heterocycles. The van der Waals surface area contributed by atoms with Gasteiger partial charge in [-0.1, -0.05) is 72.8 Å². The molecule has 3 aromatic rings. The van der Waals surface area contributed by atoms with Gasteiger partial charge in [0.2, 0.25) is 6.23 Å². The Bertz CT molecular complexity index is 922. The zero-order chi connectivity index (χ0) is 18.1. The number of hydrogen-bond donors (Lipinski definition) is 1. The minimum absolute atomic E-state index is 0.0203. The maximum atomic E-state index is 11.6. The quantitative estimate of drug-likeness (QED) is 0.695. The van der Waals surface area contributed by atoms with Crippen molar-refractivity contribution in [2.75, 3.05) is 0 Å². The summed E-state index contributed by atoms with van der Waals surface area (Å²) in [4.78, 5) is 11.6. The topological polar surface area (TPSA) is 49.8 Å². The predicted octanol–water partition coefficient (Wildman–Crippen LogP) is 4.76. The molecule has 2 unspecified atom stereocenters. The molecule has 2 atom stereocenters. The molecule has 1 N–H and O–H groups in total. The van der Waals surface area contributed by atoms with E-state index in [2.05, 4.69) is 0 Å². The number of para-hydroxylation sites is 1. The Morgan fingerprint density at radius 3 is 2.23 bits per heavy atom. The van der Waals surface area contributed by atoms with E-state index in [1.165, 1.54) is 5.06 Å². The smallest absolute Gasteiger partial charge is 0.201 e. The molecule has 1 aliphatic heterocycles. The SMILES string of the molecule is CC(=O)c1ccc(C2c3ccccc3OC(c3ccccc3)N2O)cc1. The van der Waals surface area contributed by atoms with E-state index in [4.69, 9.17) is 4.74 Å². The van der Waals surface area contributed by atoms with E-state index >= 15 is 0 Å². The summed E-state index contributed by atoms with van der Waals surface area (Å²) in [5.41, 5.74) is 3.31. The summed E-state index contributed by atoms with van der Waals surface area (Å²) < 4.78 is 6.07. The third-order valence-corrected chi connectivity index (χ3v) is 4.67. The highest BCUT2D eigenvalue weighted by atomic mass is 16.6. The van der Waals surface area contributed by atoms with Crippen LogP contribution in [0.4, 0.5) is 0 Å². The summed E-state index contributed by atoms with van der Waals surface area (Å²) in [5.74, 6) is 0.763. The number of hydroxylamine groups is 2. The zero-order valence-electron chi connectivity index (χ0n) is 14.4. The van der Waals surface area contributed by atoms with Crippen LogP contribution in [-0.2, 0) is 0 Å². The third-order valence-electron chi connectivity index (χ3n) is 4.67. The first-order valence-corrected chi connectivity index (χ1v) is 8.54. The predicted molar refractivity (Wildman–Crippen MR) is 98.2 cm³/mol. The van der Waals surface area contributed by atoms with Crippen LogP contribution in [0.2, 0.25) is 0 Å². The zero-order valence-corrected chi connectivity index (χ0v) is 14.4. The van der Waals surface area contributed by atoms with Gasteiger partial charge in [-0.05, 0) is 18.6 Å². The maximum absolute atomic E-state index is 11.6. The first kappa shape index (κ1) is 16.5. The molecular weight excluding hydrogens is 326 g/mol. The van der Waals surface area contributed by atoms with Crippen LogP contribution in [0.15, 0.2) is 78.9 Å². The molecule has 0 aromatic heterocycles. The molecule has 0 amide bonds. The van der Waals surface area contributed by atoms with Gasteiger partial charge >= 0.3 is 0 Å². The van der Waals surface area contributed by atoms with Crippen LogP contribution in [0.25, 0.3) is 0 Å². The Balaban J connectivity index is 1.79. The van der Waals surface area contributed by atoms with Gasteiger partial charge in [-0.2, -0.15) is 0 Å². The van der Waals surface area contributed by atoms with Gasteiger partial charge in [-0.15, -0.1) is 5.06 Å². The van der Waals surface area contributed by atoms with Crippen molar-refractivity contribution in [1.82, 2.24) is 5.06 Å². The first-order chi connectivity index (χ1) is 12.6. The number of ketones is 1. The van der Waals surface area contributed by atoms with Crippen LogP contribution >= 0.6 is 0 Å². The van der Waals surface area contributed by atoms with Crippen molar-refractivity contribution in [3.8, 4) is 5.75 Å². The van der Waals surface area contributed by atoms with Crippen molar-refractivity contribution in [1.29, 1.82) is 0 Å². The summed E-state index contributed by atoms with van der Waals surface area (Å²) in [6.07, 6.45) is -0.608. The summed E-state index contributed by atoms with van der Waals surface area (Å²) in [6, 6.07) is 24.3. The van der Waals surface area contributed by atoms with Crippen molar-refractivity contribution >= 4 is 5.78 Å². The Hall–Kier alpha value is -2.95. The van der Waals surface area contributed by atoms with E-state index < -0.39 is 6.23 Å². The lowest BCUT2D eigenvalue weighted by Gasteiger charge is -2.39. The number of hydrogen-bond acceptors (Lipinski definition) is 4. The Morgan fingerprint density at radius 2 is 1.54 bits per heavy atom. The van der Waals surface area contributed by atoms with Crippen molar-refractivity contribution in [3.05, 3.63) is 101 Å². The second-order valence-electron chi connectivity index (χ2n) is 6.38. The van der Waals surface area contributed by atoms with Gasteiger partial charge < -0.3 is 9.94 Å². The maximum Gasteiger partial charge on any atom is 0.201 e. The van der Waals surface area contributed by atoms with Crippen LogP contribution < -0.4 is 4.74 Å². The average molecular weight is 345 g/mol. The molecule has 4 heteroatoms. The molecule has 1 heterocycles. The number of nitrogens with zero attached hydrogens (tertiary/aromatic N) is 1. The minimum Gasteiger partial charge on any atom is -0.468 e. The number of Topliss-reactive ketones (excluding diaryl/α,β-unsaturated/α-hetero) is 1. The third kappa shape index (κ3) is 2.90. The van der Waals surface area contributed by atoms with E-state index in [-0.39, 0.29) is 11.8 Å². The average Bonchev–Trinajstić information content (AvgIpc) is 2.68. The molecular formula is C22H19NO3. The van der Waals surface area contributed by atoms with Gasteiger partial charge in [-0.25, -0.2) is 0 Å². The fraction of sp³-hybridized carbons (Fsp3) is 0.136. The lowest BCUT2D eigenvalue weighted by molar-refractivity contribution is -0.220. The molecule has 0 radical (unpaired) electrons. The first-order valence-electron chi connectivity index (χ1n) is 8.54. The van der Waals surface area contributed by atoms with Gasteiger partial charge in [0.1, 0.15) is 5.75 Å². The van der Waals surface area contributed by atoms with Gasteiger partial charge in [0, 0.05) is 16.7 Å². The molecule has 4 nitrogen and oxygen atoms in total. The minimum atomic E-state index is -0.608. The number of carbonyl (C=O) groups excluding carboxylic acids is 1. The molecule has 0 spiro atoms. The van der Waals surface area contributed by atoms with Crippen molar-refractivity contribution in [3.63, 3.8) is 0 Å². The second-order valence-corrected chi connectivity index (χ2v) is 6.38. The van der Waals surface area contributed by atoms with E-state index in [9.17, 15) is 10.0 Å². The van der Waals surface area contributed by atoms with Gasteiger partial charge in [0.25, 0.3) is 0 Å². The molecule has 0 bridgehead atoms. The van der Waals surface area contributed by atoms with Gasteiger partial charge in [0.15, 0.2) is 5.78 Å². The molecule has 4 rings (SSSR count). The Labute approximate surface area is 152 Å². The number of rotatable bonds is 3. The number of carbonyl (C=O) groups is 1. The Morgan fingerprint density at radius 1 is 0.885 bits per heavy atom. The van der Waals surface area contributed by atoms with Crippen LogP contribution in [0.5, 0.6) is 5.75 Å². The lowest BCUT2D eigenvalue weighted by Crippen LogP contribution is -2.37. The van der Waals surface area contributed by atoms with E-state index in [1.54, 1.807) is 19.1 Å². The largest absolute Gasteiger partial charge is 0.468 e. The highest BCUT2D eigenvalue weighted by Gasteiger charge is 2.36. The summed E-state index contributed by atoms with van der Waals surface area (Å²) in [7, 11) is 0. The van der Waals surface area contributed by atoms with Crippen LogP contribution in [0.1, 0.15) is 46.2 Å². The number of ether oxygens (including phenoxy) is 1. The highest BCUT2D eigenvalue weighted by Crippen LogP contribution is 2.44. The van der Waals surface area contributed by atoms with Crippen LogP contribution in [0, 0.1) is 0 Å². The standard InChI is InChI=1S/C22H19NO3/c1-15(24)16-11-13-17(14-12-16)21-19-9-5-6-10-20(19)26-22(23(21)25)18-7-3-2-4-8-18/h2-14,21-22,25H,1H3. The molecule has 0 fully saturated rings. The highest BCUT2D eigenvalue weighted by molar-refractivity contribution is 5.94. The van der Waals surface area contributed by atoms with Crippen molar-refractivity contribution in [2.24, 2.45) is 0 Å². The summed E-state index contributed by atoms with van der Waals surface area (Å²) in [6.45, 7) is 1.54. The monoisotopic (exact) mass is 345 g/mol. The number of benzene rings is 3. The number of fused-ring (bicyclic) bond motifs is 1. The van der Waals surface area contributed by atoms with E-state index in [0.717, 1.165) is 22.4 Å². The molecule has 26 heavy (non-hydrogen) atoms. The molecule has 0 aliphatic carbocycles. The fourth-order valence-corrected chi connectivity index (χ4v) is 3.34. The van der Waals surface area contributed by atoms with Gasteiger partial charge in [0.05, 0.1) is 6.04 Å². The fourth-order valence-electron chi connectivity index (χ4n) is 3.34. The Kier molecular flexibility index (Phi) is 4.29. The molecule has 1 aliphatic rings.